The van der Waals surface area contributed by atoms with Gasteiger partial charge in [0.1, 0.15) is 5.75 Å². The van der Waals surface area contributed by atoms with E-state index in [1.54, 1.807) is 18.2 Å². The first-order valence-corrected chi connectivity index (χ1v) is 9.18. The van der Waals surface area contributed by atoms with Gasteiger partial charge in [-0.1, -0.05) is 17.7 Å². The molecule has 1 N–H and O–H groups in total. The molecule has 0 aliphatic heterocycles. The number of esters is 1. The largest absolute Gasteiger partial charge is 0.493 e. The lowest BCUT2D eigenvalue weighted by Gasteiger charge is -2.16. The summed E-state index contributed by atoms with van der Waals surface area (Å²) in [6.07, 6.45) is -0.987. The third-order valence-electron chi connectivity index (χ3n) is 4.27. The van der Waals surface area contributed by atoms with Gasteiger partial charge < -0.3 is 24.3 Å². The molecule has 2 aromatic rings. The molecule has 2 rings (SSSR count). The van der Waals surface area contributed by atoms with Crippen molar-refractivity contribution in [3.63, 3.8) is 0 Å². The highest BCUT2D eigenvalue weighted by molar-refractivity contribution is 5.95. The number of amides is 1. The second-order valence-electron chi connectivity index (χ2n) is 6.71. The van der Waals surface area contributed by atoms with Gasteiger partial charge in [0, 0.05) is 11.8 Å². The van der Waals surface area contributed by atoms with Crippen molar-refractivity contribution >= 4 is 17.6 Å². The predicted octanol–water partition coefficient (Wildman–Crippen LogP) is 3.58. The Morgan fingerprint density at radius 2 is 1.59 bits per heavy atom. The van der Waals surface area contributed by atoms with Crippen LogP contribution in [0, 0.1) is 20.8 Å². The Balaban J connectivity index is 1.91. The summed E-state index contributed by atoms with van der Waals surface area (Å²) < 4.78 is 21.1. The van der Waals surface area contributed by atoms with Gasteiger partial charge in [0.15, 0.2) is 24.2 Å². The number of nitrogens with one attached hydrogen (secondary N) is 1. The zero-order chi connectivity index (χ0) is 21.6. The molecule has 156 valence electrons. The quantitative estimate of drug-likeness (QED) is 0.681. The monoisotopic (exact) mass is 401 g/mol. The van der Waals surface area contributed by atoms with E-state index in [2.05, 4.69) is 5.32 Å². The average molecular weight is 401 g/mol. The van der Waals surface area contributed by atoms with E-state index in [-0.39, 0.29) is 6.61 Å². The summed E-state index contributed by atoms with van der Waals surface area (Å²) in [4.78, 5) is 24.4. The van der Waals surface area contributed by atoms with Crippen LogP contribution in [0.2, 0.25) is 0 Å². The number of carbonyl (C=O) groups excluding carboxylic acids is 2. The predicted molar refractivity (Wildman–Crippen MR) is 110 cm³/mol. The van der Waals surface area contributed by atoms with Crippen LogP contribution < -0.4 is 19.5 Å². The number of aryl methyl sites for hydroxylation is 3. The number of rotatable bonds is 8. The van der Waals surface area contributed by atoms with E-state index in [0.717, 1.165) is 16.7 Å². The molecule has 0 radical (unpaired) electrons. The fourth-order valence-electron chi connectivity index (χ4n) is 2.97. The van der Waals surface area contributed by atoms with Crippen LogP contribution in [0.3, 0.4) is 0 Å². The first kappa shape index (κ1) is 22.1. The summed E-state index contributed by atoms with van der Waals surface area (Å²) in [6, 6.07) is 8.92. The molecule has 0 aliphatic carbocycles. The molecular weight excluding hydrogens is 374 g/mol. The van der Waals surface area contributed by atoms with Crippen LogP contribution in [0.1, 0.15) is 23.6 Å². The summed E-state index contributed by atoms with van der Waals surface area (Å²) >= 11 is 0. The van der Waals surface area contributed by atoms with Crippen LogP contribution in [-0.4, -0.2) is 38.8 Å². The van der Waals surface area contributed by atoms with Gasteiger partial charge in [-0.2, -0.15) is 0 Å². The summed E-state index contributed by atoms with van der Waals surface area (Å²) in [5.41, 5.74) is 3.50. The van der Waals surface area contributed by atoms with E-state index < -0.39 is 18.0 Å². The molecule has 0 saturated heterocycles. The molecule has 1 atom stereocenters. The minimum Gasteiger partial charge on any atom is -0.493 e. The Hall–Kier alpha value is -3.22. The highest BCUT2D eigenvalue weighted by atomic mass is 16.6. The van der Waals surface area contributed by atoms with Gasteiger partial charge in [0.05, 0.1) is 14.2 Å². The topological polar surface area (TPSA) is 83.1 Å². The number of hydrogen-bond acceptors (Lipinski definition) is 6. The molecule has 0 spiro atoms. The van der Waals surface area contributed by atoms with Crippen molar-refractivity contribution in [1.82, 2.24) is 0 Å². The number of benzene rings is 2. The molecule has 0 bridgehead atoms. The van der Waals surface area contributed by atoms with Crippen LogP contribution in [0.5, 0.6) is 17.2 Å². The molecule has 7 nitrogen and oxygen atoms in total. The van der Waals surface area contributed by atoms with Gasteiger partial charge in [0.25, 0.3) is 5.91 Å². The van der Waals surface area contributed by atoms with Crippen LogP contribution in [0.15, 0.2) is 30.3 Å². The van der Waals surface area contributed by atoms with E-state index >= 15 is 0 Å². The Morgan fingerprint density at radius 1 is 0.966 bits per heavy atom. The van der Waals surface area contributed by atoms with Gasteiger partial charge >= 0.3 is 5.97 Å². The third kappa shape index (κ3) is 5.88. The van der Waals surface area contributed by atoms with E-state index in [4.69, 9.17) is 18.9 Å². The Morgan fingerprint density at radius 3 is 2.17 bits per heavy atom. The van der Waals surface area contributed by atoms with Crippen LogP contribution >= 0.6 is 0 Å². The van der Waals surface area contributed by atoms with Crippen molar-refractivity contribution in [2.75, 3.05) is 26.1 Å². The van der Waals surface area contributed by atoms with E-state index in [1.807, 2.05) is 32.9 Å². The maximum absolute atomic E-state index is 12.3. The van der Waals surface area contributed by atoms with E-state index in [0.29, 0.717) is 22.9 Å². The van der Waals surface area contributed by atoms with Crippen molar-refractivity contribution in [3.8, 4) is 17.2 Å². The number of anilines is 1. The van der Waals surface area contributed by atoms with Crippen LogP contribution in [0.4, 0.5) is 5.69 Å². The normalized spacial score (nSPS) is 11.4. The lowest BCUT2D eigenvalue weighted by Crippen LogP contribution is -2.31. The summed E-state index contributed by atoms with van der Waals surface area (Å²) in [5, 5.41) is 2.68. The molecule has 0 heterocycles. The number of methoxy groups -OCH3 is 2. The number of ether oxygens (including phenoxy) is 4. The summed E-state index contributed by atoms with van der Waals surface area (Å²) in [7, 11) is 3.03. The number of hydrogen-bond donors (Lipinski definition) is 1. The Bertz CT molecular complexity index is 870. The minimum absolute atomic E-state index is 0.279. The van der Waals surface area contributed by atoms with Crippen LogP contribution in [-0.2, 0) is 14.3 Å². The highest BCUT2D eigenvalue weighted by Crippen LogP contribution is 2.29. The van der Waals surface area contributed by atoms with Crippen LogP contribution in [0.25, 0.3) is 0 Å². The fraction of sp³-hybridized carbons (Fsp3) is 0.364. The van der Waals surface area contributed by atoms with Crippen molar-refractivity contribution in [1.29, 1.82) is 0 Å². The van der Waals surface area contributed by atoms with Crippen molar-refractivity contribution in [2.24, 2.45) is 0 Å². The molecule has 0 unspecified atom stereocenters. The lowest BCUT2D eigenvalue weighted by atomic mass is 10.1. The molecule has 29 heavy (non-hydrogen) atoms. The molecule has 0 saturated carbocycles. The van der Waals surface area contributed by atoms with Gasteiger partial charge in [-0.15, -0.1) is 0 Å². The average Bonchev–Trinajstić information content (AvgIpc) is 2.66. The maximum Gasteiger partial charge on any atom is 0.344 e. The second-order valence-corrected chi connectivity index (χ2v) is 6.71. The Kier molecular flexibility index (Phi) is 7.47. The standard InChI is InChI=1S/C22H27NO6/c1-13-9-14(2)21(15(3)10-13)28-12-20(24)29-16(4)22(25)23-17-7-8-18(26-5)19(11-17)27-6/h7-11,16H,12H2,1-6H3,(H,23,25)/t16-/m0/s1. The van der Waals surface area contributed by atoms with Gasteiger partial charge in [-0.3, -0.25) is 4.79 Å². The Labute approximate surface area is 170 Å². The van der Waals surface area contributed by atoms with Crippen molar-refractivity contribution in [2.45, 2.75) is 33.8 Å². The zero-order valence-corrected chi connectivity index (χ0v) is 17.6. The van der Waals surface area contributed by atoms with Gasteiger partial charge in [-0.05, 0) is 51.0 Å². The van der Waals surface area contributed by atoms with Crippen molar-refractivity contribution in [3.05, 3.63) is 47.0 Å². The van der Waals surface area contributed by atoms with Gasteiger partial charge in [-0.25, -0.2) is 4.79 Å². The molecule has 0 aliphatic rings. The fourth-order valence-corrected chi connectivity index (χ4v) is 2.97. The first-order chi connectivity index (χ1) is 13.7. The molecule has 0 aromatic heterocycles. The smallest absolute Gasteiger partial charge is 0.344 e. The van der Waals surface area contributed by atoms with Crippen molar-refractivity contribution < 1.29 is 28.5 Å². The van der Waals surface area contributed by atoms with Gasteiger partial charge in [0.2, 0.25) is 0 Å². The van der Waals surface area contributed by atoms with E-state index in [1.165, 1.54) is 21.1 Å². The number of carbonyl (C=O) groups is 2. The molecule has 2 aromatic carbocycles. The summed E-state index contributed by atoms with van der Waals surface area (Å²) in [6.45, 7) is 7.05. The lowest BCUT2D eigenvalue weighted by molar-refractivity contribution is -0.155. The molecule has 1 amide bonds. The second kappa shape index (κ2) is 9.82. The maximum atomic E-state index is 12.3. The van der Waals surface area contributed by atoms with E-state index in [9.17, 15) is 9.59 Å². The SMILES string of the molecule is COc1ccc(NC(=O)[C@H](C)OC(=O)COc2c(C)cc(C)cc2C)cc1OC. The first-order valence-electron chi connectivity index (χ1n) is 9.18. The molecular formula is C22H27NO6. The zero-order valence-electron chi connectivity index (χ0n) is 17.6. The highest BCUT2D eigenvalue weighted by Gasteiger charge is 2.19. The minimum atomic E-state index is -0.987. The molecule has 0 fully saturated rings. The third-order valence-corrected chi connectivity index (χ3v) is 4.27. The molecule has 7 heteroatoms. The summed E-state index contributed by atoms with van der Waals surface area (Å²) in [5.74, 6) is 0.582.